The summed E-state index contributed by atoms with van der Waals surface area (Å²) >= 11 is 0. The van der Waals surface area contributed by atoms with E-state index in [4.69, 9.17) is 4.74 Å². The van der Waals surface area contributed by atoms with E-state index >= 15 is 0 Å². The van der Waals surface area contributed by atoms with E-state index < -0.39 is 54.3 Å². The third-order valence-electron chi connectivity index (χ3n) is 8.05. The standard InChI is InChI=1S/C37H37N5O7/c43-33-22-39-34(44)23-49-29-13-8-26(9-14-29)21-32(37(47)48)42-35(45)30(15-10-24-4-2-1-3-5-24)41-36(46)31(40-33)20-25-6-11-27(12-7-25)28-16-18-38-19-17-28/h1-9,11-14,16-19,30-32H,10,15,20-23H2,(H,39,44)(H,40,43)(H,41,46)(H,42,45)(H,47,48)/t30-,31+,32-/m0/s1. The maximum absolute atomic E-state index is 13.9. The van der Waals surface area contributed by atoms with Crippen LogP contribution in [0.4, 0.5) is 0 Å². The van der Waals surface area contributed by atoms with E-state index in [2.05, 4.69) is 26.3 Å². The minimum Gasteiger partial charge on any atom is -0.484 e. The minimum atomic E-state index is -1.29. The van der Waals surface area contributed by atoms with Crippen LogP contribution in [0.3, 0.4) is 0 Å². The first-order valence-corrected chi connectivity index (χ1v) is 15.9. The molecular formula is C37H37N5O7. The van der Waals surface area contributed by atoms with E-state index in [1.54, 1.807) is 36.7 Å². The molecule has 0 spiro atoms. The van der Waals surface area contributed by atoms with E-state index in [1.165, 1.54) is 0 Å². The number of carboxylic acids is 1. The van der Waals surface area contributed by atoms with Gasteiger partial charge in [0.05, 0.1) is 6.54 Å². The fourth-order valence-corrected chi connectivity index (χ4v) is 5.37. The average Bonchev–Trinajstić information content (AvgIpc) is 3.12. The normalized spacial score (nSPS) is 19.1. The average molecular weight is 664 g/mol. The van der Waals surface area contributed by atoms with Crippen LogP contribution < -0.4 is 26.0 Å². The molecule has 0 saturated carbocycles. The number of aliphatic carboxylic acids is 1. The van der Waals surface area contributed by atoms with Gasteiger partial charge >= 0.3 is 5.97 Å². The quantitative estimate of drug-likeness (QED) is 0.187. The molecule has 3 atom stereocenters. The number of carboxylic acid groups (broad SMARTS) is 1. The summed E-state index contributed by atoms with van der Waals surface area (Å²) in [6.07, 6.45) is 4.00. The van der Waals surface area contributed by atoms with E-state index in [9.17, 15) is 29.1 Å². The summed E-state index contributed by atoms with van der Waals surface area (Å²) < 4.78 is 5.50. The van der Waals surface area contributed by atoms with Crippen LogP contribution in [0.5, 0.6) is 5.75 Å². The Labute approximate surface area is 283 Å². The predicted octanol–water partition coefficient (Wildman–Crippen LogP) is 2.21. The van der Waals surface area contributed by atoms with Crippen molar-refractivity contribution < 1.29 is 33.8 Å². The number of hydrogen-bond acceptors (Lipinski definition) is 7. The van der Waals surface area contributed by atoms with Gasteiger partial charge in [-0.25, -0.2) is 4.79 Å². The zero-order valence-electron chi connectivity index (χ0n) is 26.6. The highest BCUT2D eigenvalue weighted by Crippen LogP contribution is 2.20. The highest BCUT2D eigenvalue weighted by Gasteiger charge is 2.30. The maximum Gasteiger partial charge on any atom is 0.326 e. The van der Waals surface area contributed by atoms with Gasteiger partial charge in [-0.15, -0.1) is 0 Å². The van der Waals surface area contributed by atoms with Crippen LogP contribution in [0.15, 0.2) is 103 Å². The molecule has 49 heavy (non-hydrogen) atoms. The monoisotopic (exact) mass is 663 g/mol. The third-order valence-corrected chi connectivity index (χ3v) is 8.05. The highest BCUT2D eigenvalue weighted by atomic mass is 16.5. The molecular weight excluding hydrogens is 626 g/mol. The summed E-state index contributed by atoms with van der Waals surface area (Å²) in [6.45, 7) is -0.776. The number of amides is 4. The molecule has 0 fully saturated rings. The summed E-state index contributed by atoms with van der Waals surface area (Å²) in [5, 5.41) is 20.5. The van der Waals surface area contributed by atoms with Gasteiger partial charge in [-0.05, 0) is 64.9 Å². The molecule has 0 unspecified atom stereocenters. The van der Waals surface area contributed by atoms with E-state index in [-0.39, 0.29) is 25.9 Å². The zero-order chi connectivity index (χ0) is 34.6. The summed E-state index contributed by atoms with van der Waals surface area (Å²) in [4.78, 5) is 69.3. The second kappa shape index (κ2) is 16.7. The number of nitrogens with zero attached hydrogens (tertiary/aromatic N) is 1. The number of hydrogen-bond donors (Lipinski definition) is 5. The van der Waals surface area contributed by atoms with Crippen molar-refractivity contribution in [3.63, 3.8) is 0 Å². The van der Waals surface area contributed by atoms with Crippen LogP contribution in [-0.4, -0.2) is 71.0 Å². The smallest absolute Gasteiger partial charge is 0.326 e. The Kier molecular flexibility index (Phi) is 11.7. The lowest BCUT2D eigenvalue weighted by Gasteiger charge is -2.25. The zero-order valence-corrected chi connectivity index (χ0v) is 26.6. The number of benzene rings is 3. The van der Waals surface area contributed by atoms with Crippen molar-refractivity contribution in [3.05, 3.63) is 120 Å². The van der Waals surface area contributed by atoms with Crippen molar-refractivity contribution in [2.75, 3.05) is 13.2 Å². The molecule has 5 N–H and O–H groups in total. The molecule has 0 radical (unpaired) electrons. The Hall–Kier alpha value is -6.04. The van der Waals surface area contributed by atoms with Gasteiger partial charge in [0.25, 0.3) is 5.91 Å². The predicted molar refractivity (Wildman–Crippen MR) is 180 cm³/mol. The Morgan fingerprint density at radius 2 is 1.41 bits per heavy atom. The lowest BCUT2D eigenvalue weighted by atomic mass is 9.99. The van der Waals surface area contributed by atoms with Crippen molar-refractivity contribution in [2.24, 2.45) is 0 Å². The summed E-state index contributed by atoms with van der Waals surface area (Å²) in [7, 11) is 0. The number of carbonyl (C=O) groups is 5. The van der Waals surface area contributed by atoms with Gasteiger partial charge in [-0.2, -0.15) is 0 Å². The lowest BCUT2D eigenvalue weighted by Crippen LogP contribution is -2.57. The lowest BCUT2D eigenvalue weighted by molar-refractivity contribution is -0.142. The van der Waals surface area contributed by atoms with E-state index in [0.29, 0.717) is 17.7 Å². The molecule has 1 aromatic heterocycles. The van der Waals surface area contributed by atoms with Gasteiger partial charge in [0.1, 0.15) is 23.9 Å². The topological polar surface area (TPSA) is 176 Å². The number of pyridine rings is 1. The van der Waals surface area contributed by atoms with Crippen LogP contribution >= 0.6 is 0 Å². The van der Waals surface area contributed by atoms with Gasteiger partial charge in [0.2, 0.25) is 17.7 Å². The first-order valence-electron chi connectivity index (χ1n) is 15.9. The molecule has 6 rings (SSSR count). The SMILES string of the molecule is O=C1COc2ccc(cc2)C[C@@H](C(=O)O)NC(=O)[C@H](CCc2ccccc2)NC(=O)[C@@H](Cc2ccc(-c3ccncc3)cc2)NC(=O)CN1. The number of aromatic nitrogens is 1. The van der Waals surface area contributed by atoms with Gasteiger partial charge in [-0.1, -0.05) is 66.7 Å². The molecule has 0 saturated heterocycles. The van der Waals surface area contributed by atoms with Crippen molar-refractivity contribution in [1.82, 2.24) is 26.3 Å². The van der Waals surface area contributed by atoms with Crippen molar-refractivity contribution in [2.45, 2.75) is 43.8 Å². The number of ether oxygens (including phenoxy) is 1. The number of fused-ring (bicyclic) bond motifs is 16. The molecule has 252 valence electrons. The van der Waals surface area contributed by atoms with Crippen LogP contribution in [0.25, 0.3) is 11.1 Å². The van der Waals surface area contributed by atoms with Crippen LogP contribution in [0, 0.1) is 0 Å². The number of nitrogens with one attached hydrogen (secondary N) is 4. The second-order valence-corrected chi connectivity index (χ2v) is 11.7. The fourth-order valence-electron chi connectivity index (χ4n) is 5.37. The molecule has 2 bridgehead atoms. The van der Waals surface area contributed by atoms with Gasteiger partial charge in [0, 0.05) is 25.2 Å². The van der Waals surface area contributed by atoms with Crippen molar-refractivity contribution >= 4 is 29.6 Å². The molecule has 3 aromatic carbocycles. The van der Waals surface area contributed by atoms with Crippen molar-refractivity contribution in [3.8, 4) is 16.9 Å². The van der Waals surface area contributed by atoms with Gasteiger partial charge < -0.3 is 31.1 Å². The summed E-state index contributed by atoms with van der Waals surface area (Å²) in [5.74, 6) is -3.37. The van der Waals surface area contributed by atoms with Gasteiger partial charge in [0.15, 0.2) is 6.61 Å². The number of aryl methyl sites for hydroxylation is 1. The fraction of sp³-hybridized carbons (Fsp3) is 0.243. The molecule has 3 heterocycles. The third kappa shape index (κ3) is 10.2. The number of carbonyl (C=O) groups excluding carboxylic acids is 4. The first-order chi connectivity index (χ1) is 23.7. The van der Waals surface area contributed by atoms with Gasteiger partial charge in [-0.3, -0.25) is 24.2 Å². The van der Waals surface area contributed by atoms with Crippen molar-refractivity contribution in [1.29, 1.82) is 0 Å². The molecule has 12 heteroatoms. The Morgan fingerprint density at radius 1 is 0.735 bits per heavy atom. The Morgan fingerprint density at radius 3 is 2.10 bits per heavy atom. The van der Waals surface area contributed by atoms with Crippen LogP contribution in [0.1, 0.15) is 23.1 Å². The molecule has 4 amide bonds. The van der Waals surface area contributed by atoms with E-state index in [0.717, 1.165) is 22.3 Å². The Bertz CT molecular complexity index is 1750. The second-order valence-electron chi connectivity index (χ2n) is 11.7. The summed E-state index contributed by atoms with van der Waals surface area (Å²) in [5.41, 5.74) is 4.16. The Balaban J connectivity index is 1.41. The maximum atomic E-state index is 13.9. The van der Waals surface area contributed by atoms with Crippen LogP contribution in [0.2, 0.25) is 0 Å². The molecule has 2 aliphatic rings. The number of rotatable bonds is 7. The first kappa shape index (κ1) is 34.3. The largest absolute Gasteiger partial charge is 0.484 e. The molecule has 0 aliphatic carbocycles. The van der Waals surface area contributed by atoms with E-state index in [1.807, 2.05) is 66.7 Å². The summed E-state index contributed by atoms with van der Waals surface area (Å²) in [6, 6.07) is 23.5. The van der Waals surface area contributed by atoms with Crippen LogP contribution in [-0.2, 0) is 43.2 Å². The highest BCUT2D eigenvalue weighted by molar-refractivity contribution is 5.94. The molecule has 12 nitrogen and oxygen atoms in total. The molecule has 2 aliphatic heterocycles. The molecule has 4 aromatic rings. The minimum absolute atomic E-state index is 0.0324.